The zero-order valence-corrected chi connectivity index (χ0v) is 12.8. The predicted molar refractivity (Wildman–Crippen MR) is 83.3 cm³/mol. The van der Waals surface area contributed by atoms with E-state index in [1.165, 1.54) is 12.0 Å². The Bertz CT molecular complexity index is 598. The molecule has 0 N–H and O–H groups in total. The van der Waals surface area contributed by atoms with Gasteiger partial charge in [0, 0.05) is 5.02 Å². The number of halogens is 1. The summed E-state index contributed by atoms with van der Waals surface area (Å²) in [7, 11) is 1.27. The topological polar surface area (TPSA) is 46.6 Å². The highest BCUT2D eigenvalue weighted by Gasteiger charge is 2.33. The second kappa shape index (κ2) is 6.39. The molecule has 0 bridgehead atoms. The third-order valence-corrected chi connectivity index (χ3v) is 4.19. The van der Waals surface area contributed by atoms with Gasteiger partial charge in [-0.1, -0.05) is 47.7 Å². The minimum Gasteiger partial charge on any atom is -0.468 e. The van der Waals surface area contributed by atoms with E-state index in [2.05, 4.69) is 4.74 Å². The molecule has 1 fully saturated rings. The quantitative estimate of drug-likeness (QED) is 0.485. The Kier molecular flexibility index (Phi) is 4.80. The molecule has 2 rings (SSSR count). The minimum atomic E-state index is -0.506. The van der Waals surface area contributed by atoms with Crippen molar-refractivity contribution in [3.05, 3.63) is 39.8 Å². The van der Waals surface area contributed by atoms with Crippen molar-refractivity contribution in [2.24, 2.45) is 0 Å². The lowest BCUT2D eigenvalue weighted by molar-refractivity contribution is -0.143. The van der Waals surface area contributed by atoms with E-state index >= 15 is 0 Å². The van der Waals surface area contributed by atoms with Gasteiger partial charge in [0.05, 0.1) is 12.0 Å². The Hall–Kier alpha value is -1.37. The van der Waals surface area contributed by atoms with E-state index in [9.17, 15) is 9.59 Å². The van der Waals surface area contributed by atoms with Crippen molar-refractivity contribution < 1.29 is 14.3 Å². The van der Waals surface area contributed by atoms with Gasteiger partial charge in [-0.05, 0) is 23.8 Å². The molecule has 1 saturated heterocycles. The van der Waals surface area contributed by atoms with Gasteiger partial charge in [0.25, 0.3) is 5.91 Å². The highest BCUT2D eigenvalue weighted by Crippen LogP contribution is 2.32. The molecule has 1 aromatic rings. The molecule has 104 valence electrons. The molecular weight excluding hydrogens is 318 g/mol. The number of carbonyl (C=O) groups excluding carboxylic acids is 2. The second-order valence-corrected chi connectivity index (χ2v) is 6.01. The lowest BCUT2D eigenvalue weighted by Crippen LogP contribution is -2.33. The first-order valence-electron chi connectivity index (χ1n) is 5.59. The van der Waals surface area contributed by atoms with Crippen LogP contribution in [0.25, 0.3) is 6.08 Å². The van der Waals surface area contributed by atoms with Crippen molar-refractivity contribution in [1.29, 1.82) is 0 Å². The smallest absolute Gasteiger partial charge is 0.325 e. The first-order valence-corrected chi connectivity index (χ1v) is 7.19. The van der Waals surface area contributed by atoms with Crippen molar-refractivity contribution in [3.63, 3.8) is 0 Å². The van der Waals surface area contributed by atoms with E-state index in [1.54, 1.807) is 30.3 Å². The van der Waals surface area contributed by atoms with Gasteiger partial charge in [-0.15, -0.1) is 0 Å². The van der Waals surface area contributed by atoms with Crippen LogP contribution in [-0.4, -0.2) is 34.8 Å². The Morgan fingerprint density at radius 3 is 2.70 bits per heavy atom. The summed E-state index contributed by atoms with van der Waals surface area (Å²) in [5.74, 6) is -0.797. The summed E-state index contributed by atoms with van der Waals surface area (Å²) in [6.07, 6.45) is 1.72. The number of benzene rings is 1. The van der Waals surface area contributed by atoms with Crippen LogP contribution in [0.15, 0.2) is 29.2 Å². The number of nitrogens with zero attached hydrogens (tertiary/aromatic N) is 1. The molecule has 0 saturated carbocycles. The second-order valence-electron chi connectivity index (χ2n) is 3.90. The zero-order chi connectivity index (χ0) is 14.7. The van der Waals surface area contributed by atoms with Crippen LogP contribution < -0.4 is 0 Å². The number of carbonyl (C=O) groups is 2. The number of thioether (sulfide) groups is 1. The third-order valence-electron chi connectivity index (χ3n) is 2.56. The van der Waals surface area contributed by atoms with E-state index < -0.39 is 5.97 Å². The summed E-state index contributed by atoms with van der Waals surface area (Å²) in [6, 6.07) is 7.08. The summed E-state index contributed by atoms with van der Waals surface area (Å²) < 4.78 is 4.89. The average Bonchev–Trinajstić information content (AvgIpc) is 2.69. The zero-order valence-electron chi connectivity index (χ0n) is 10.5. The highest BCUT2D eigenvalue weighted by molar-refractivity contribution is 8.26. The SMILES string of the molecule is COC(=O)CN1C(=O)/C(=C/c2ccc(Cl)cc2)SC1=S. The molecule has 7 heteroatoms. The monoisotopic (exact) mass is 327 g/mol. The van der Waals surface area contributed by atoms with E-state index in [0.717, 1.165) is 17.3 Å². The van der Waals surface area contributed by atoms with Gasteiger partial charge in [0.1, 0.15) is 10.9 Å². The molecule has 1 heterocycles. The fraction of sp³-hybridized carbons (Fsp3) is 0.154. The maximum Gasteiger partial charge on any atom is 0.325 e. The third kappa shape index (κ3) is 3.39. The van der Waals surface area contributed by atoms with Crippen molar-refractivity contribution in [2.45, 2.75) is 0 Å². The van der Waals surface area contributed by atoms with E-state index in [0.29, 0.717) is 14.2 Å². The van der Waals surface area contributed by atoms with E-state index in [1.807, 2.05) is 0 Å². The van der Waals surface area contributed by atoms with E-state index in [-0.39, 0.29) is 12.5 Å². The Morgan fingerprint density at radius 1 is 1.45 bits per heavy atom. The summed E-state index contributed by atoms with van der Waals surface area (Å²) in [4.78, 5) is 25.1. The summed E-state index contributed by atoms with van der Waals surface area (Å²) >= 11 is 12.1. The molecule has 20 heavy (non-hydrogen) atoms. The molecule has 1 aliphatic rings. The lowest BCUT2D eigenvalue weighted by Gasteiger charge is -2.11. The van der Waals surface area contributed by atoms with Gasteiger partial charge >= 0.3 is 5.97 Å². The summed E-state index contributed by atoms with van der Waals surface area (Å²) in [5, 5.41) is 0.625. The Balaban J connectivity index is 2.19. The number of methoxy groups -OCH3 is 1. The maximum atomic E-state index is 12.2. The number of ether oxygens (including phenoxy) is 1. The molecule has 1 aliphatic heterocycles. The van der Waals surface area contributed by atoms with Gasteiger partial charge < -0.3 is 4.74 Å². The van der Waals surface area contributed by atoms with Crippen molar-refractivity contribution >= 4 is 57.9 Å². The Labute approximate surface area is 130 Å². The number of hydrogen-bond acceptors (Lipinski definition) is 5. The largest absolute Gasteiger partial charge is 0.468 e. The van der Waals surface area contributed by atoms with Gasteiger partial charge in [-0.25, -0.2) is 0 Å². The lowest BCUT2D eigenvalue weighted by atomic mass is 10.2. The van der Waals surface area contributed by atoms with Gasteiger partial charge in [0.2, 0.25) is 0 Å². The van der Waals surface area contributed by atoms with Crippen LogP contribution in [0.1, 0.15) is 5.56 Å². The predicted octanol–water partition coefficient (Wildman–Crippen LogP) is 2.71. The first kappa shape index (κ1) is 15.0. The fourth-order valence-corrected chi connectivity index (χ4v) is 2.92. The van der Waals surface area contributed by atoms with Crippen LogP contribution in [0.2, 0.25) is 5.02 Å². The van der Waals surface area contributed by atoms with Gasteiger partial charge in [-0.3, -0.25) is 14.5 Å². The number of thiocarbonyl (C=S) groups is 1. The van der Waals surface area contributed by atoms with Crippen molar-refractivity contribution in [1.82, 2.24) is 4.90 Å². The summed E-state index contributed by atoms with van der Waals surface area (Å²) in [5.41, 5.74) is 0.841. The van der Waals surface area contributed by atoms with Gasteiger partial charge in [-0.2, -0.15) is 0 Å². The van der Waals surface area contributed by atoms with Crippen LogP contribution in [0.5, 0.6) is 0 Å². The Morgan fingerprint density at radius 2 is 2.10 bits per heavy atom. The number of amides is 1. The van der Waals surface area contributed by atoms with E-state index in [4.69, 9.17) is 23.8 Å². The van der Waals surface area contributed by atoms with Crippen LogP contribution in [0.4, 0.5) is 0 Å². The molecule has 0 aromatic heterocycles. The molecular formula is C13H10ClNO3S2. The average molecular weight is 328 g/mol. The molecule has 0 unspecified atom stereocenters. The van der Waals surface area contributed by atoms with Gasteiger partial charge in [0.15, 0.2) is 0 Å². The highest BCUT2D eigenvalue weighted by atomic mass is 35.5. The molecule has 0 aliphatic carbocycles. The number of hydrogen-bond donors (Lipinski definition) is 0. The van der Waals surface area contributed by atoms with Crippen LogP contribution in [0, 0.1) is 0 Å². The van der Waals surface area contributed by atoms with Crippen LogP contribution in [-0.2, 0) is 14.3 Å². The van der Waals surface area contributed by atoms with Crippen LogP contribution in [0.3, 0.4) is 0 Å². The first-order chi connectivity index (χ1) is 9.51. The number of esters is 1. The molecule has 1 aromatic carbocycles. The maximum absolute atomic E-state index is 12.2. The van der Waals surface area contributed by atoms with Crippen LogP contribution >= 0.6 is 35.6 Å². The molecule has 4 nitrogen and oxygen atoms in total. The number of rotatable bonds is 3. The molecule has 0 atom stereocenters. The fourth-order valence-electron chi connectivity index (χ4n) is 1.54. The summed E-state index contributed by atoms with van der Waals surface area (Å²) in [6.45, 7) is -0.168. The molecule has 1 amide bonds. The normalized spacial score (nSPS) is 16.9. The minimum absolute atomic E-state index is 0.168. The van der Waals surface area contributed by atoms with Crippen molar-refractivity contribution in [3.8, 4) is 0 Å². The molecule has 0 spiro atoms. The molecule has 0 radical (unpaired) electrons. The van der Waals surface area contributed by atoms with Crippen molar-refractivity contribution in [2.75, 3.05) is 13.7 Å². The standard InChI is InChI=1S/C13H10ClNO3S2/c1-18-11(16)7-15-12(17)10(20-13(15)19)6-8-2-4-9(14)5-3-8/h2-6H,7H2,1H3/b10-6-.